The minimum absolute atomic E-state index is 0.0573. The minimum Gasteiger partial charge on any atom is -0.491 e. The van der Waals surface area contributed by atoms with Crippen molar-refractivity contribution in [2.75, 3.05) is 25.2 Å². The number of amides is 1. The van der Waals surface area contributed by atoms with Crippen molar-refractivity contribution in [3.8, 4) is 16.3 Å². The second-order valence-corrected chi connectivity index (χ2v) is 17.5. The fourth-order valence-electron chi connectivity index (χ4n) is 3.29. The number of hydrogen-bond acceptors (Lipinski definition) is 7. The quantitative estimate of drug-likeness (QED) is 0.305. The average Bonchev–Trinajstić information content (AvgIpc) is 3.23. The van der Waals surface area contributed by atoms with E-state index in [0.717, 1.165) is 26.5 Å². The van der Waals surface area contributed by atoms with E-state index in [4.69, 9.17) is 18.9 Å². The largest absolute Gasteiger partial charge is 0.491 e. The van der Waals surface area contributed by atoms with E-state index < -0.39 is 20.0 Å². The van der Waals surface area contributed by atoms with Crippen molar-refractivity contribution >= 4 is 41.7 Å². The second kappa shape index (κ2) is 11.1. The number of hydrogen-bond donors (Lipinski definition) is 1. The Hall–Kier alpha value is -2.46. The lowest BCUT2D eigenvalue weighted by Gasteiger charge is -2.38. The Morgan fingerprint density at radius 1 is 1.08 bits per heavy atom. The number of ether oxygens (including phenoxy) is 2. The molecule has 37 heavy (non-hydrogen) atoms. The Morgan fingerprint density at radius 2 is 1.73 bits per heavy atom. The van der Waals surface area contributed by atoms with Gasteiger partial charge in [0.05, 0.1) is 16.8 Å². The van der Waals surface area contributed by atoms with Gasteiger partial charge in [0.2, 0.25) is 0 Å². The zero-order valence-electron chi connectivity index (χ0n) is 23.4. The molecule has 3 rings (SSSR count). The van der Waals surface area contributed by atoms with Crippen LogP contribution < -0.4 is 9.64 Å². The molecule has 0 fully saturated rings. The summed E-state index contributed by atoms with van der Waals surface area (Å²) in [5, 5.41) is 10.8. The second-order valence-electron chi connectivity index (χ2n) is 11.7. The maximum atomic E-state index is 12.4. The Morgan fingerprint density at radius 3 is 2.30 bits per heavy atom. The van der Waals surface area contributed by atoms with Gasteiger partial charge in [-0.15, -0.1) is 11.3 Å². The fourth-order valence-corrected chi connectivity index (χ4v) is 5.62. The zero-order valence-corrected chi connectivity index (χ0v) is 25.2. The van der Waals surface area contributed by atoms with E-state index in [1.54, 1.807) is 18.4 Å². The lowest BCUT2D eigenvalue weighted by Crippen LogP contribution is -2.46. The van der Waals surface area contributed by atoms with E-state index in [2.05, 4.69) is 33.9 Å². The van der Waals surface area contributed by atoms with Crippen LogP contribution in [0.1, 0.15) is 41.5 Å². The molecule has 1 N–H and O–H groups in total. The van der Waals surface area contributed by atoms with Gasteiger partial charge in [-0.3, -0.25) is 4.90 Å². The molecule has 0 aliphatic rings. The van der Waals surface area contributed by atoms with E-state index in [1.807, 2.05) is 63.2 Å². The SMILES string of the molecule is CN(C(=O)OC(C)(C)C)c1ccc(-c2nc3ccc(OC[C@H](CO)O[Si](C)(C)C(C)(C)C)cc3s2)cc1. The summed E-state index contributed by atoms with van der Waals surface area (Å²) in [6.07, 6.45) is -0.767. The van der Waals surface area contributed by atoms with Crippen molar-refractivity contribution in [1.29, 1.82) is 0 Å². The van der Waals surface area contributed by atoms with Gasteiger partial charge < -0.3 is 19.0 Å². The topological polar surface area (TPSA) is 81.1 Å². The van der Waals surface area contributed by atoms with Crippen molar-refractivity contribution in [3.63, 3.8) is 0 Å². The van der Waals surface area contributed by atoms with Crippen molar-refractivity contribution in [1.82, 2.24) is 4.98 Å². The number of aromatic nitrogens is 1. The van der Waals surface area contributed by atoms with Gasteiger partial charge in [-0.25, -0.2) is 9.78 Å². The van der Waals surface area contributed by atoms with Gasteiger partial charge in [0, 0.05) is 18.3 Å². The predicted octanol–water partition coefficient (Wildman–Crippen LogP) is 7.10. The normalized spacial score (nSPS) is 13.5. The molecule has 0 saturated heterocycles. The van der Waals surface area contributed by atoms with Crippen LogP contribution in [0, 0.1) is 0 Å². The molecular weight excluding hydrogens is 504 g/mol. The Balaban J connectivity index is 1.69. The molecule has 0 saturated carbocycles. The number of thiazole rings is 1. The van der Waals surface area contributed by atoms with Gasteiger partial charge >= 0.3 is 6.09 Å². The van der Waals surface area contributed by atoms with Gasteiger partial charge in [0.15, 0.2) is 8.32 Å². The molecular formula is C28H40N2O5SSi. The Kier molecular flexibility index (Phi) is 8.74. The molecule has 2 aromatic carbocycles. The Bertz CT molecular complexity index is 1210. The third-order valence-electron chi connectivity index (χ3n) is 6.44. The first-order valence-corrected chi connectivity index (χ1v) is 16.2. The first-order chi connectivity index (χ1) is 17.1. The third kappa shape index (κ3) is 7.53. The zero-order chi connectivity index (χ0) is 27.6. The summed E-state index contributed by atoms with van der Waals surface area (Å²) in [5.41, 5.74) is 2.05. The lowest BCUT2D eigenvalue weighted by atomic mass is 10.2. The summed E-state index contributed by atoms with van der Waals surface area (Å²) in [6, 6.07) is 13.5. The summed E-state index contributed by atoms with van der Waals surface area (Å²) in [7, 11) is -0.315. The van der Waals surface area contributed by atoms with E-state index >= 15 is 0 Å². The van der Waals surface area contributed by atoms with Crippen LogP contribution in [0.15, 0.2) is 42.5 Å². The molecule has 9 heteroatoms. The molecule has 1 aromatic heterocycles. The Labute approximate surface area is 225 Å². The molecule has 0 spiro atoms. The average molecular weight is 545 g/mol. The van der Waals surface area contributed by atoms with E-state index in [-0.39, 0.29) is 24.4 Å². The first kappa shape index (κ1) is 29.1. The monoisotopic (exact) mass is 544 g/mol. The number of fused-ring (bicyclic) bond motifs is 1. The number of aliphatic hydroxyl groups is 1. The molecule has 0 aliphatic heterocycles. The summed E-state index contributed by atoms with van der Waals surface area (Å²) in [6.45, 7) is 16.6. The smallest absolute Gasteiger partial charge is 0.414 e. The summed E-state index contributed by atoms with van der Waals surface area (Å²) >= 11 is 1.58. The standard InChI is InChI=1S/C28H40N2O5SSi/c1-27(2,3)34-26(32)30(7)20-12-10-19(11-13-20)25-29-23-15-14-21(16-24(23)36-25)33-18-22(17-31)35-37(8,9)28(4,5)6/h10-16,22,31H,17-18H2,1-9H3/t22-/m0/s1. The van der Waals surface area contributed by atoms with E-state index in [9.17, 15) is 9.90 Å². The fraction of sp³-hybridized carbons (Fsp3) is 0.500. The molecule has 0 radical (unpaired) electrons. The highest BCUT2D eigenvalue weighted by atomic mass is 32.1. The number of carbonyl (C=O) groups excluding carboxylic acids is 1. The molecule has 1 heterocycles. The highest BCUT2D eigenvalue weighted by Crippen LogP contribution is 2.37. The lowest BCUT2D eigenvalue weighted by molar-refractivity contribution is 0.0589. The van der Waals surface area contributed by atoms with Gasteiger partial charge in [0.1, 0.15) is 29.1 Å². The van der Waals surface area contributed by atoms with Crippen LogP contribution in [0.5, 0.6) is 5.75 Å². The molecule has 0 bridgehead atoms. The maximum Gasteiger partial charge on any atom is 0.414 e. The molecule has 1 atom stereocenters. The van der Waals surface area contributed by atoms with E-state index in [0.29, 0.717) is 5.75 Å². The number of carbonyl (C=O) groups is 1. The number of rotatable bonds is 8. The third-order valence-corrected chi connectivity index (χ3v) is 12.0. The van der Waals surface area contributed by atoms with E-state index in [1.165, 1.54) is 4.90 Å². The molecule has 3 aromatic rings. The van der Waals surface area contributed by atoms with Crippen molar-refractivity contribution in [3.05, 3.63) is 42.5 Å². The van der Waals surface area contributed by atoms with Gasteiger partial charge in [-0.05, 0) is 81.4 Å². The van der Waals surface area contributed by atoms with Crippen LogP contribution >= 0.6 is 11.3 Å². The van der Waals surface area contributed by atoms with Crippen LogP contribution in [0.4, 0.5) is 10.5 Å². The summed E-state index contributed by atoms with van der Waals surface area (Å²) in [5.74, 6) is 0.717. The van der Waals surface area contributed by atoms with Crippen molar-refractivity contribution in [2.45, 2.75) is 71.4 Å². The molecule has 0 aliphatic carbocycles. The van der Waals surface area contributed by atoms with Crippen molar-refractivity contribution in [2.24, 2.45) is 0 Å². The highest BCUT2D eigenvalue weighted by Gasteiger charge is 2.39. The number of aliphatic hydroxyl groups excluding tert-OH is 1. The number of anilines is 1. The van der Waals surface area contributed by atoms with Crippen LogP contribution in [-0.2, 0) is 9.16 Å². The van der Waals surface area contributed by atoms with Gasteiger partial charge in [-0.2, -0.15) is 0 Å². The van der Waals surface area contributed by atoms with Crippen LogP contribution in [0.25, 0.3) is 20.8 Å². The minimum atomic E-state index is -2.01. The molecule has 7 nitrogen and oxygen atoms in total. The van der Waals surface area contributed by atoms with Crippen LogP contribution in [0.2, 0.25) is 18.1 Å². The summed E-state index contributed by atoms with van der Waals surface area (Å²) < 4.78 is 18.8. The maximum absolute atomic E-state index is 12.4. The highest BCUT2D eigenvalue weighted by molar-refractivity contribution is 7.21. The first-order valence-electron chi connectivity index (χ1n) is 12.5. The molecule has 1 amide bonds. The summed E-state index contributed by atoms with van der Waals surface area (Å²) in [4.78, 5) is 18.6. The van der Waals surface area contributed by atoms with Crippen molar-refractivity contribution < 1.29 is 23.8 Å². The number of benzene rings is 2. The van der Waals surface area contributed by atoms with Gasteiger partial charge in [-0.1, -0.05) is 20.8 Å². The van der Waals surface area contributed by atoms with Crippen LogP contribution in [0.3, 0.4) is 0 Å². The molecule has 0 unspecified atom stereocenters. The molecule has 202 valence electrons. The van der Waals surface area contributed by atoms with Gasteiger partial charge in [0.25, 0.3) is 0 Å². The predicted molar refractivity (Wildman–Crippen MR) is 154 cm³/mol. The number of nitrogens with zero attached hydrogens (tertiary/aromatic N) is 2. The van der Waals surface area contributed by atoms with Crippen LogP contribution in [-0.4, -0.2) is 56.5 Å².